The summed E-state index contributed by atoms with van der Waals surface area (Å²) in [4.78, 5) is 4.03. The second-order valence-electron chi connectivity index (χ2n) is 4.80. The third-order valence-corrected chi connectivity index (χ3v) is 3.26. The Morgan fingerprint density at radius 1 is 1.33 bits per heavy atom. The predicted octanol–water partition coefficient (Wildman–Crippen LogP) is 3.48. The molecule has 0 amide bonds. The molecule has 4 heteroatoms. The van der Waals surface area contributed by atoms with Gasteiger partial charge in [-0.2, -0.15) is 0 Å². The third-order valence-electron chi connectivity index (χ3n) is 3.26. The minimum atomic E-state index is 0.680. The smallest absolute Gasteiger partial charge is 0.164 e. The first kappa shape index (κ1) is 15.2. The minimum Gasteiger partial charge on any atom is -0.493 e. The third kappa shape index (κ3) is 4.38. The van der Waals surface area contributed by atoms with Gasteiger partial charge in [0.15, 0.2) is 11.5 Å². The highest BCUT2D eigenvalue weighted by Crippen LogP contribution is 2.31. The summed E-state index contributed by atoms with van der Waals surface area (Å²) in [5.41, 5.74) is 1.11. The van der Waals surface area contributed by atoms with Gasteiger partial charge in [0, 0.05) is 24.5 Å². The summed E-state index contributed by atoms with van der Waals surface area (Å²) in [5, 5.41) is 0. The van der Waals surface area contributed by atoms with E-state index in [-0.39, 0.29) is 0 Å². The Labute approximate surface area is 126 Å². The number of aryl methyl sites for hydroxylation is 1. The second-order valence-corrected chi connectivity index (χ2v) is 4.80. The van der Waals surface area contributed by atoms with Crippen LogP contribution in [-0.2, 0) is 13.0 Å². The SMILES string of the molecule is C=CCc1cccc(OC)c1OCCCCn1ccnc1. The van der Waals surface area contributed by atoms with Crippen LogP contribution in [0.15, 0.2) is 49.6 Å². The number of hydrogen-bond donors (Lipinski definition) is 0. The largest absolute Gasteiger partial charge is 0.493 e. The van der Waals surface area contributed by atoms with Gasteiger partial charge in [-0.25, -0.2) is 4.98 Å². The van der Waals surface area contributed by atoms with E-state index in [2.05, 4.69) is 16.1 Å². The fraction of sp³-hybridized carbons (Fsp3) is 0.353. The van der Waals surface area contributed by atoms with Gasteiger partial charge < -0.3 is 14.0 Å². The van der Waals surface area contributed by atoms with Crippen molar-refractivity contribution in [2.45, 2.75) is 25.8 Å². The van der Waals surface area contributed by atoms with Crippen LogP contribution in [-0.4, -0.2) is 23.3 Å². The molecule has 4 nitrogen and oxygen atoms in total. The molecule has 0 aliphatic carbocycles. The zero-order valence-corrected chi connectivity index (χ0v) is 12.5. The number of aromatic nitrogens is 2. The van der Waals surface area contributed by atoms with Crippen LogP contribution in [0.4, 0.5) is 0 Å². The maximum Gasteiger partial charge on any atom is 0.164 e. The molecule has 0 fully saturated rings. The lowest BCUT2D eigenvalue weighted by atomic mass is 10.1. The number of methoxy groups -OCH3 is 1. The lowest BCUT2D eigenvalue weighted by molar-refractivity contribution is 0.281. The number of imidazole rings is 1. The van der Waals surface area contributed by atoms with Gasteiger partial charge in [-0.3, -0.25) is 0 Å². The van der Waals surface area contributed by atoms with E-state index in [1.54, 1.807) is 13.3 Å². The van der Waals surface area contributed by atoms with Gasteiger partial charge >= 0.3 is 0 Å². The zero-order chi connectivity index (χ0) is 14.9. The molecule has 0 bridgehead atoms. The normalized spacial score (nSPS) is 10.3. The Balaban J connectivity index is 1.85. The van der Waals surface area contributed by atoms with E-state index in [9.17, 15) is 0 Å². The van der Waals surface area contributed by atoms with Crippen molar-refractivity contribution in [3.63, 3.8) is 0 Å². The minimum absolute atomic E-state index is 0.680. The Morgan fingerprint density at radius 3 is 2.95 bits per heavy atom. The molecule has 2 rings (SSSR count). The van der Waals surface area contributed by atoms with Crippen LogP contribution in [0.3, 0.4) is 0 Å². The number of rotatable bonds is 9. The van der Waals surface area contributed by atoms with Crippen molar-refractivity contribution in [2.75, 3.05) is 13.7 Å². The maximum atomic E-state index is 5.93. The Morgan fingerprint density at radius 2 is 2.24 bits per heavy atom. The molecule has 0 saturated carbocycles. The Bertz CT molecular complexity index is 550. The Hall–Kier alpha value is -2.23. The number of benzene rings is 1. The number of para-hydroxylation sites is 1. The van der Waals surface area contributed by atoms with Gasteiger partial charge in [0.05, 0.1) is 20.0 Å². The van der Waals surface area contributed by atoms with Crippen molar-refractivity contribution in [1.82, 2.24) is 9.55 Å². The van der Waals surface area contributed by atoms with Crippen molar-refractivity contribution in [1.29, 1.82) is 0 Å². The van der Waals surface area contributed by atoms with Crippen molar-refractivity contribution in [2.24, 2.45) is 0 Å². The highest BCUT2D eigenvalue weighted by atomic mass is 16.5. The molecule has 0 aliphatic heterocycles. The summed E-state index contributed by atoms with van der Waals surface area (Å²) < 4.78 is 13.4. The van der Waals surface area contributed by atoms with Crippen molar-refractivity contribution in [3.05, 3.63) is 55.1 Å². The number of hydrogen-bond acceptors (Lipinski definition) is 3. The van der Waals surface area contributed by atoms with Gasteiger partial charge in [0.25, 0.3) is 0 Å². The molecule has 112 valence electrons. The highest BCUT2D eigenvalue weighted by molar-refractivity contribution is 5.47. The molecule has 1 heterocycles. The topological polar surface area (TPSA) is 36.3 Å². The molecule has 0 atom stereocenters. The van der Waals surface area contributed by atoms with E-state index in [1.807, 2.05) is 36.8 Å². The molecule has 0 unspecified atom stereocenters. The summed E-state index contributed by atoms with van der Waals surface area (Å²) >= 11 is 0. The highest BCUT2D eigenvalue weighted by Gasteiger charge is 2.09. The molecule has 0 aliphatic rings. The summed E-state index contributed by atoms with van der Waals surface area (Å²) in [6, 6.07) is 5.95. The van der Waals surface area contributed by atoms with Gasteiger partial charge in [0.2, 0.25) is 0 Å². The molecule has 21 heavy (non-hydrogen) atoms. The quantitative estimate of drug-likeness (QED) is 0.523. The van der Waals surface area contributed by atoms with E-state index in [1.165, 1.54) is 0 Å². The van der Waals surface area contributed by atoms with Crippen LogP contribution in [0.25, 0.3) is 0 Å². The molecule has 0 radical (unpaired) electrons. The molecule has 1 aromatic carbocycles. The van der Waals surface area contributed by atoms with Crippen molar-refractivity contribution < 1.29 is 9.47 Å². The first-order valence-electron chi connectivity index (χ1n) is 7.20. The molecule has 0 N–H and O–H groups in total. The summed E-state index contributed by atoms with van der Waals surface area (Å²) in [5.74, 6) is 1.62. The summed E-state index contributed by atoms with van der Waals surface area (Å²) in [6.07, 6.45) is 10.3. The van der Waals surface area contributed by atoms with E-state index in [0.29, 0.717) is 6.61 Å². The van der Waals surface area contributed by atoms with E-state index >= 15 is 0 Å². The van der Waals surface area contributed by atoms with Gasteiger partial charge in [-0.05, 0) is 25.3 Å². The fourth-order valence-corrected chi connectivity index (χ4v) is 2.19. The van der Waals surface area contributed by atoms with Crippen molar-refractivity contribution in [3.8, 4) is 11.5 Å². The number of nitrogens with zero attached hydrogens (tertiary/aromatic N) is 2. The van der Waals surface area contributed by atoms with E-state index in [4.69, 9.17) is 9.47 Å². The molecular formula is C17H22N2O2. The number of allylic oxidation sites excluding steroid dienone is 1. The Kier molecular flexibility index (Phi) is 5.88. The van der Waals surface area contributed by atoms with Gasteiger partial charge in [-0.1, -0.05) is 18.2 Å². The molecule has 0 saturated heterocycles. The maximum absolute atomic E-state index is 5.93. The average molecular weight is 286 g/mol. The zero-order valence-electron chi connectivity index (χ0n) is 12.5. The molecule has 1 aromatic heterocycles. The number of ether oxygens (including phenoxy) is 2. The predicted molar refractivity (Wildman–Crippen MR) is 83.9 cm³/mol. The summed E-state index contributed by atoms with van der Waals surface area (Å²) in [7, 11) is 1.67. The van der Waals surface area contributed by atoms with Gasteiger partial charge in [0.1, 0.15) is 0 Å². The lowest BCUT2D eigenvalue weighted by Gasteiger charge is -2.14. The van der Waals surface area contributed by atoms with E-state index in [0.717, 1.165) is 42.9 Å². The average Bonchev–Trinajstić information content (AvgIpc) is 3.01. The standard InChI is InChI=1S/C17H22N2O2/c1-3-7-15-8-6-9-16(20-2)17(15)21-13-5-4-11-19-12-10-18-14-19/h3,6,8-10,12,14H,1,4-5,7,11,13H2,2H3. The van der Waals surface area contributed by atoms with Crippen LogP contribution < -0.4 is 9.47 Å². The fourth-order valence-electron chi connectivity index (χ4n) is 2.19. The first-order valence-corrected chi connectivity index (χ1v) is 7.20. The monoisotopic (exact) mass is 286 g/mol. The van der Waals surface area contributed by atoms with Crippen LogP contribution >= 0.6 is 0 Å². The molecule has 0 spiro atoms. The number of unbranched alkanes of at least 4 members (excludes halogenated alkanes) is 1. The van der Waals surface area contributed by atoms with Crippen LogP contribution in [0.2, 0.25) is 0 Å². The van der Waals surface area contributed by atoms with Gasteiger partial charge in [-0.15, -0.1) is 6.58 Å². The van der Waals surface area contributed by atoms with Crippen LogP contribution in [0, 0.1) is 0 Å². The second kappa shape index (κ2) is 8.15. The first-order chi connectivity index (χ1) is 10.3. The lowest BCUT2D eigenvalue weighted by Crippen LogP contribution is -2.04. The molecule has 2 aromatic rings. The van der Waals surface area contributed by atoms with Crippen molar-refractivity contribution >= 4 is 0 Å². The van der Waals surface area contributed by atoms with E-state index < -0.39 is 0 Å². The summed E-state index contributed by atoms with van der Waals surface area (Å²) in [6.45, 7) is 5.43. The van der Waals surface area contributed by atoms with Crippen LogP contribution in [0.1, 0.15) is 18.4 Å². The van der Waals surface area contributed by atoms with Crippen LogP contribution in [0.5, 0.6) is 11.5 Å². The molecular weight excluding hydrogens is 264 g/mol.